The van der Waals surface area contributed by atoms with Gasteiger partial charge in [-0.2, -0.15) is 10.2 Å². The summed E-state index contributed by atoms with van der Waals surface area (Å²) in [4.78, 5) is 11.8. The van der Waals surface area contributed by atoms with Gasteiger partial charge in [0.25, 0.3) is 0 Å². The zero-order valence-electron chi connectivity index (χ0n) is 12.0. The highest BCUT2D eigenvalue weighted by atomic mass is 16.1. The molecular weight excluding hydrogens is 254 g/mol. The molecule has 6 heteroatoms. The molecule has 0 aliphatic rings. The monoisotopic (exact) mass is 273 g/mol. The third-order valence-corrected chi connectivity index (χ3v) is 3.22. The topological polar surface area (TPSA) is 64.7 Å². The van der Waals surface area contributed by atoms with Gasteiger partial charge in [0.15, 0.2) is 0 Å². The number of aryl methyl sites for hydroxylation is 2. The second kappa shape index (κ2) is 6.18. The van der Waals surface area contributed by atoms with Crippen LogP contribution in [0.4, 0.5) is 0 Å². The summed E-state index contributed by atoms with van der Waals surface area (Å²) >= 11 is 0. The van der Waals surface area contributed by atoms with Gasteiger partial charge in [-0.3, -0.25) is 14.2 Å². The van der Waals surface area contributed by atoms with E-state index in [1.54, 1.807) is 23.2 Å². The summed E-state index contributed by atoms with van der Waals surface area (Å²) in [6, 6.07) is 1.87. The van der Waals surface area contributed by atoms with Gasteiger partial charge in [-0.25, -0.2) is 0 Å². The van der Waals surface area contributed by atoms with Crippen LogP contribution >= 0.6 is 0 Å². The molecule has 6 nitrogen and oxygen atoms in total. The molecule has 2 aromatic rings. The van der Waals surface area contributed by atoms with Crippen LogP contribution in [0.15, 0.2) is 24.5 Å². The Kier molecular flexibility index (Phi) is 4.34. The zero-order chi connectivity index (χ0) is 14.5. The maximum Gasteiger partial charge on any atom is 0.244 e. The Bertz CT molecular complexity index is 623. The molecule has 0 bridgehead atoms. The third-order valence-electron chi connectivity index (χ3n) is 3.22. The van der Waals surface area contributed by atoms with Crippen molar-refractivity contribution in [2.75, 3.05) is 0 Å². The first-order chi connectivity index (χ1) is 9.61. The number of carbonyl (C=O) groups is 1. The lowest BCUT2D eigenvalue weighted by Crippen LogP contribution is -2.21. The highest BCUT2D eigenvalue weighted by Crippen LogP contribution is 2.08. The molecule has 2 heterocycles. The number of nitrogens with one attached hydrogen (secondary N) is 1. The standard InChI is InChI=1S/C14H19N5O/c1-4-19-11(2)12(9-17-19)5-6-14(20)15-10-13-7-8-16-18(13)3/h5-9H,4,10H2,1-3H3,(H,15,20)/b6-5+. The van der Waals surface area contributed by atoms with Gasteiger partial charge in [0, 0.05) is 37.1 Å². The van der Waals surface area contributed by atoms with E-state index < -0.39 is 0 Å². The maximum absolute atomic E-state index is 11.8. The van der Waals surface area contributed by atoms with E-state index in [1.807, 2.05) is 31.6 Å². The Labute approximate surface area is 118 Å². The van der Waals surface area contributed by atoms with E-state index in [-0.39, 0.29) is 5.91 Å². The van der Waals surface area contributed by atoms with Gasteiger partial charge < -0.3 is 5.32 Å². The Morgan fingerprint density at radius 2 is 2.25 bits per heavy atom. The second-order valence-electron chi connectivity index (χ2n) is 4.50. The Morgan fingerprint density at radius 1 is 1.45 bits per heavy atom. The van der Waals surface area contributed by atoms with Crippen LogP contribution in [0, 0.1) is 6.92 Å². The summed E-state index contributed by atoms with van der Waals surface area (Å²) in [5, 5.41) is 11.1. The van der Waals surface area contributed by atoms with Crippen molar-refractivity contribution < 1.29 is 4.79 Å². The first kappa shape index (κ1) is 14.0. The molecule has 106 valence electrons. The molecule has 0 saturated carbocycles. The fraction of sp³-hybridized carbons (Fsp3) is 0.357. The number of nitrogens with zero attached hydrogens (tertiary/aromatic N) is 4. The van der Waals surface area contributed by atoms with E-state index in [9.17, 15) is 4.79 Å². The first-order valence-corrected chi connectivity index (χ1v) is 6.57. The highest BCUT2D eigenvalue weighted by molar-refractivity contribution is 5.91. The van der Waals surface area contributed by atoms with Crippen LogP contribution in [0.2, 0.25) is 0 Å². The van der Waals surface area contributed by atoms with E-state index in [0.717, 1.165) is 23.5 Å². The van der Waals surface area contributed by atoms with E-state index in [0.29, 0.717) is 6.54 Å². The van der Waals surface area contributed by atoms with E-state index in [2.05, 4.69) is 15.5 Å². The Balaban J connectivity index is 1.92. The van der Waals surface area contributed by atoms with Crippen LogP contribution in [0.1, 0.15) is 23.9 Å². The maximum atomic E-state index is 11.8. The number of hydrogen-bond donors (Lipinski definition) is 1. The average molecular weight is 273 g/mol. The zero-order valence-corrected chi connectivity index (χ0v) is 12.0. The van der Waals surface area contributed by atoms with Crippen molar-refractivity contribution in [2.24, 2.45) is 7.05 Å². The van der Waals surface area contributed by atoms with Gasteiger partial charge >= 0.3 is 0 Å². The van der Waals surface area contributed by atoms with E-state index in [4.69, 9.17) is 0 Å². The third kappa shape index (κ3) is 3.14. The molecule has 0 atom stereocenters. The molecule has 20 heavy (non-hydrogen) atoms. The normalized spacial score (nSPS) is 11.2. The van der Waals surface area contributed by atoms with Crippen molar-refractivity contribution >= 4 is 12.0 Å². The fourth-order valence-corrected chi connectivity index (χ4v) is 1.92. The summed E-state index contributed by atoms with van der Waals surface area (Å²) in [7, 11) is 1.85. The Hall–Kier alpha value is -2.37. The summed E-state index contributed by atoms with van der Waals surface area (Å²) < 4.78 is 3.63. The molecule has 0 aromatic carbocycles. The lowest BCUT2D eigenvalue weighted by Gasteiger charge is -2.02. The molecule has 0 spiro atoms. The van der Waals surface area contributed by atoms with Crippen LogP contribution < -0.4 is 5.32 Å². The van der Waals surface area contributed by atoms with E-state index in [1.165, 1.54) is 6.08 Å². The van der Waals surface area contributed by atoms with Gasteiger partial charge in [-0.15, -0.1) is 0 Å². The van der Waals surface area contributed by atoms with Gasteiger partial charge in [0.1, 0.15) is 0 Å². The van der Waals surface area contributed by atoms with Crippen molar-refractivity contribution in [2.45, 2.75) is 26.9 Å². The smallest absolute Gasteiger partial charge is 0.244 e. The van der Waals surface area contributed by atoms with Crippen molar-refractivity contribution in [3.8, 4) is 0 Å². The van der Waals surface area contributed by atoms with Crippen molar-refractivity contribution in [1.29, 1.82) is 0 Å². The largest absolute Gasteiger partial charge is 0.347 e. The lowest BCUT2D eigenvalue weighted by molar-refractivity contribution is -0.116. The summed E-state index contributed by atoms with van der Waals surface area (Å²) in [5.74, 6) is -0.130. The minimum atomic E-state index is -0.130. The summed E-state index contributed by atoms with van der Waals surface area (Å²) in [5.41, 5.74) is 2.98. The molecule has 1 amide bonds. The SMILES string of the molecule is CCn1ncc(/C=C/C(=O)NCc2ccnn2C)c1C. The van der Waals surface area contributed by atoms with Gasteiger partial charge in [-0.05, 0) is 26.0 Å². The molecule has 2 rings (SSSR count). The summed E-state index contributed by atoms with van der Waals surface area (Å²) in [6.45, 7) is 5.32. The quantitative estimate of drug-likeness (QED) is 0.834. The molecule has 0 aliphatic heterocycles. The number of hydrogen-bond acceptors (Lipinski definition) is 3. The van der Waals surface area contributed by atoms with Crippen LogP contribution in [0.25, 0.3) is 6.08 Å². The van der Waals surface area contributed by atoms with Crippen LogP contribution in [-0.2, 0) is 24.9 Å². The fourth-order valence-electron chi connectivity index (χ4n) is 1.92. The lowest BCUT2D eigenvalue weighted by atomic mass is 10.2. The van der Waals surface area contributed by atoms with Gasteiger partial charge in [0.2, 0.25) is 5.91 Å². The van der Waals surface area contributed by atoms with Crippen molar-refractivity contribution in [3.63, 3.8) is 0 Å². The minimum Gasteiger partial charge on any atom is -0.347 e. The Morgan fingerprint density at radius 3 is 2.85 bits per heavy atom. The van der Waals surface area contributed by atoms with Crippen molar-refractivity contribution in [3.05, 3.63) is 41.5 Å². The first-order valence-electron chi connectivity index (χ1n) is 6.57. The van der Waals surface area contributed by atoms with E-state index >= 15 is 0 Å². The molecular formula is C14H19N5O. The molecule has 0 radical (unpaired) electrons. The molecule has 1 N–H and O–H groups in total. The number of carbonyl (C=O) groups excluding carboxylic acids is 1. The summed E-state index contributed by atoms with van der Waals surface area (Å²) in [6.07, 6.45) is 6.79. The van der Waals surface area contributed by atoms with Gasteiger partial charge in [-0.1, -0.05) is 0 Å². The number of rotatable bonds is 5. The highest BCUT2D eigenvalue weighted by Gasteiger charge is 2.03. The van der Waals surface area contributed by atoms with Crippen LogP contribution in [0.3, 0.4) is 0 Å². The number of aromatic nitrogens is 4. The predicted molar refractivity (Wildman–Crippen MR) is 76.7 cm³/mol. The second-order valence-corrected chi connectivity index (χ2v) is 4.50. The minimum absolute atomic E-state index is 0.130. The van der Waals surface area contributed by atoms with Gasteiger partial charge in [0.05, 0.1) is 18.4 Å². The van der Waals surface area contributed by atoms with Crippen LogP contribution in [-0.4, -0.2) is 25.5 Å². The molecule has 0 aliphatic carbocycles. The predicted octanol–water partition coefficient (Wildman–Crippen LogP) is 1.27. The van der Waals surface area contributed by atoms with Crippen molar-refractivity contribution in [1.82, 2.24) is 24.9 Å². The molecule has 2 aromatic heterocycles. The molecule has 0 fully saturated rings. The number of amides is 1. The molecule has 0 unspecified atom stereocenters. The average Bonchev–Trinajstić information content (AvgIpc) is 3.00. The van der Waals surface area contributed by atoms with Crippen LogP contribution in [0.5, 0.6) is 0 Å². The molecule has 0 saturated heterocycles.